The van der Waals surface area contributed by atoms with Crippen LogP contribution >= 0.6 is 11.3 Å². The van der Waals surface area contributed by atoms with Gasteiger partial charge in [-0.1, -0.05) is 0 Å². The van der Waals surface area contributed by atoms with Crippen LogP contribution in [0.1, 0.15) is 54.0 Å². The molecule has 21 heavy (non-hydrogen) atoms. The van der Waals surface area contributed by atoms with Crippen molar-refractivity contribution in [3.63, 3.8) is 0 Å². The van der Waals surface area contributed by atoms with Gasteiger partial charge < -0.3 is 15.7 Å². The van der Waals surface area contributed by atoms with Crippen LogP contribution in [0.2, 0.25) is 0 Å². The van der Waals surface area contributed by atoms with Gasteiger partial charge in [-0.25, -0.2) is 4.79 Å². The maximum absolute atomic E-state index is 12.1. The van der Waals surface area contributed by atoms with Crippen LogP contribution in [0.15, 0.2) is 6.07 Å². The van der Waals surface area contributed by atoms with Gasteiger partial charge in [0.1, 0.15) is 0 Å². The second-order valence-corrected chi connectivity index (χ2v) is 7.35. The summed E-state index contributed by atoms with van der Waals surface area (Å²) in [6.07, 6.45) is 2.42. The van der Waals surface area contributed by atoms with Crippen molar-refractivity contribution in [2.45, 2.75) is 58.0 Å². The number of hydrogen-bond acceptors (Lipinski definition) is 3. The average Bonchev–Trinajstić information content (AvgIpc) is 2.64. The minimum Gasteiger partial charge on any atom is -0.481 e. The van der Waals surface area contributed by atoms with Crippen LogP contribution in [0, 0.1) is 13.8 Å². The van der Waals surface area contributed by atoms with Crippen LogP contribution in [0.5, 0.6) is 0 Å². The second-order valence-electron chi connectivity index (χ2n) is 5.89. The van der Waals surface area contributed by atoms with Gasteiger partial charge in [0.05, 0.1) is 18.0 Å². The van der Waals surface area contributed by atoms with E-state index in [-0.39, 0.29) is 18.5 Å². The number of hydrogen-bond donors (Lipinski definition) is 3. The Balaban J connectivity index is 1.95. The van der Waals surface area contributed by atoms with Crippen molar-refractivity contribution in [2.24, 2.45) is 0 Å². The van der Waals surface area contributed by atoms with Crippen LogP contribution in [0.4, 0.5) is 4.79 Å². The third kappa shape index (κ3) is 3.75. The Kier molecular flexibility index (Phi) is 4.56. The molecule has 0 radical (unpaired) electrons. The number of thiophene rings is 1. The number of aryl methyl sites for hydroxylation is 2. The summed E-state index contributed by atoms with van der Waals surface area (Å²) >= 11 is 1.71. The third-order valence-corrected chi connectivity index (χ3v) is 5.05. The lowest BCUT2D eigenvalue weighted by Gasteiger charge is -2.41. The van der Waals surface area contributed by atoms with Crippen LogP contribution in [0.25, 0.3) is 0 Å². The first kappa shape index (κ1) is 15.8. The Morgan fingerprint density at radius 1 is 1.43 bits per heavy atom. The molecule has 0 aromatic carbocycles. The third-order valence-electron chi connectivity index (χ3n) is 4.07. The van der Waals surface area contributed by atoms with Gasteiger partial charge >= 0.3 is 12.0 Å². The maximum atomic E-state index is 12.1. The molecule has 1 fully saturated rings. The van der Waals surface area contributed by atoms with E-state index in [1.54, 1.807) is 11.3 Å². The van der Waals surface area contributed by atoms with Crippen molar-refractivity contribution in [2.75, 3.05) is 0 Å². The first-order valence-corrected chi connectivity index (χ1v) is 8.00. The number of carboxylic acids is 1. The Morgan fingerprint density at radius 3 is 2.52 bits per heavy atom. The summed E-state index contributed by atoms with van der Waals surface area (Å²) in [5, 5.41) is 14.7. The summed E-state index contributed by atoms with van der Waals surface area (Å²) in [7, 11) is 0. The number of carboxylic acid groups (broad SMARTS) is 1. The molecule has 0 bridgehead atoms. The largest absolute Gasteiger partial charge is 0.481 e. The van der Waals surface area contributed by atoms with Crippen molar-refractivity contribution in [1.29, 1.82) is 0 Å². The van der Waals surface area contributed by atoms with E-state index in [1.165, 1.54) is 9.75 Å². The first-order valence-electron chi connectivity index (χ1n) is 7.19. The number of aliphatic carboxylic acids is 1. The van der Waals surface area contributed by atoms with Crippen molar-refractivity contribution in [1.82, 2.24) is 10.6 Å². The van der Waals surface area contributed by atoms with E-state index in [9.17, 15) is 9.59 Å². The van der Waals surface area contributed by atoms with Crippen LogP contribution in [0.3, 0.4) is 0 Å². The number of carbonyl (C=O) groups is 2. The van der Waals surface area contributed by atoms with Crippen molar-refractivity contribution >= 4 is 23.3 Å². The average molecular weight is 310 g/mol. The zero-order valence-electron chi connectivity index (χ0n) is 12.7. The van der Waals surface area contributed by atoms with E-state index in [0.29, 0.717) is 0 Å². The molecule has 1 unspecified atom stereocenters. The van der Waals surface area contributed by atoms with Gasteiger partial charge in [-0.2, -0.15) is 0 Å². The molecule has 1 aromatic heterocycles. The molecule has 6 heteroatoms. The van der Waals surface area contributed by atoms with Gasteiger partial charge in [0, 0.05) is 9.75 Å². The number of amides is 2. The number of urea groups is 1. The predicted molar refractivity (Wildman–Crippen MR) is 82.7 cm³/mol. The molecule has 0 spiro atoms. The Labute approximate surface area is 128 Å². The fourth-order valence-electron chi connectivity index (χ4n) is 2.87. The minimum absolute atomic E-state index is 0.00854. The molecule has 1 heterocycles. The fourth-order valence-corrected chi connectivity index (χ4v) is 3.89. The highest BCUT2D eigenvalue weighted by Gasteiger charge is 2.40. The summed E-state index contributed by atoms with van der Waals surface area (Å²) < 4.78 is 0. The van der Waals surface area contributed by atoms with E-state index in [0.717, 1.165) is 24.8 Å². The fraction of sp³-hybridized carbons (Fsp3) is 0.600. The number of rotatable bonds is 5. The molecule has 1 aliphatic rings. The predicted octanol–water partition coefficient (Wildman–Crippen LogP) is 3.12. The lowest BCUT2D eigenvalue weighted by Crippen LogP contribution is -2.57. The maximum Gasteiger partial charge on any atom is 0.315 e. The van der Waals surface area contributed by atoms with Crippen molar-refractivity contribution < 1.29 is 14.7 Å². The summed E-state index contributed by atoms with van der Waals surface area (Å²) in [6.45, 7) is 6.03. The lowest BCUT2D eigenvalue weighted by atomic mass is 9.74. The van der Waals surface area contributed by atoms with Crippen molar-refractivity contribution in [3.8, 4) is 0 Å². The molecular weight excluding hydrogens is 288 g/mol. The van der Waals surface area contributed by atoms with E-state index in [4.69, 9.17) is 5.11 Å². The van der Waals surface area contributed by atoms with E-state index < -0.39 is 11.5 Å². The summed E-state index contributed by atoms with van der Waals surface area (Å²) in [4.78, 5) is 25.5. The Hall–Kier alpha value is -1.56. The second kappa shape index (κ2) is 6.05. The molecule has 2 rings (SSSR count). The van der Waals surface area contributed by atoms with Gasteiger partial charge in [0.15, 0.2) is 0 Å². The highest BCUT2D eigenvalue weighted by molar-refractivity contribution is 7.12. The van der Waals surface area contributed by atoms with Crippen LogP contribution in [-0.4, -0.2) is 22.6 Å². The first-order chi connectivity index (χ1) is 9.81. The zero-order valence-corrected chi connectivity index (χ0v) is 13.5. The van der Waals surface area contributed by atoms with Crippen LogP contribution < -0.4 is 10.6 Å². The molecule has 1 saturated carbocycles. The Bertz CT molecular complexity index is 549. The molecule has 0 saturated heterocycles. The van der Waals surface area contributed by atoms with Gasteiger partial charge in [-0.05, 0) is 51.7 Å². The smallest absolute Gasteiger partial charge is 0.315 e. The van der Waals surface area contributed by atoms with Crippen LogP contribution in [-0.2, 0) is 4.79 Å². The Morgan fingerprint density at radius 2 is 2.10 bits per heavy atom. The molecule has 1 atom stereocenters. The molecule has 0 aliphatic heterocycles. The van der Waals surface area contributed by atoms with Gasteiger partial charge in [-0.15, -0.1) is 11.3 Å². The summed E-state index contributed by atoms with van der Waals surface area (Å²) in [6, 6.07) is 1.71. The molecule has 1 aromatic rings. The molecule has 5 nitrogen and oxygen atoms in total. The molecule has 2 amide bonds. The quantitative estimate of drug-likeness (QED) is 0.782. The van der Waals surface area contributed by atoms with Crippen molar-refractivity contribution in [3.05, 3.63) is 21.4 Å². The standard InChI is InChI=1S/C15H22N2O3S/c1-9-7-12(11(3)21-9)10(2)16-14(20)17-15(5-4-6-15)8-13(18)19/h7,10H,4-6,8H2,1-3H3,(H,18,19)(H2,16,17,20). The summed E-state index contributed by atoms with van der Waals surface area (Å²) in [5.41, 5.74) is 0.559. The minimum atomic E-state index is -0.868. The highest BCUT2D eigenvalue weighted by atomic mass is 32.1. The SMILES string of the molecule is Cc1cc(C(C)NC(=O)NC2(CC(=O)O)CCC2)c(C)s1. The molecule has 116 valence electrons. The van der Waals surface area contributed by atoms with Gasteiger partial charge in [0.2, 0.25) is 0 Å². The highest BCUT2D eigenvalue weighted by Crippen LogP contribution is 2.35. The number of nitrogens with one attached hydrogen (secondary N) is 2. The molecular formula is C15H22N2O3S. The van der Waals surface area contributed by atoms with Gasteiger partial charge in [0.25, 0.3) is 0 Å². The van der Waals surface area contributed by atoms with E-state index in [1.807, 2.05) is 20.8 Å². The monoisotopic (exact) mass is 310 g/mol. The van der Waals surface area contributed by atoms with E-state index in [2.05, 4.69) is 16.7 Å². The molecule has 1 aliphatic carbocycles. The number of carbonyl (C=O) groups excluding carboxylic acids is 1. The lowest BCUT2D eigenvalue weighted by molar-refractivity contribution is -0.139. The topological polar surface area (TPSA) is 78.4 Å². The van der Waals surface area contributed by atoms with Gasteiger partial charge in [-0.3, -0.25) is 4.79 Å². The summed E-state index contributed by atoms with van der Waals surface area (Å²) in [5.74, 6) is -0.868. The normalized spacial score (nSPS) is 17.7. The molecule has 3 N–H and O–H groups in total. The zero-order chi connectivity index (χ0) is 15.6. The van der Waals surface area contributed by atoms with E-state index >= 15 is 0 Å².